The van der Waals surface area contributed by atoms with Crippen molar-refractivity contribution < 1.29 is 0 Å². The van der Waals surface area contributed by atoms with Gasteiger partial charge in [0.1, 0.15) is 0 Å². The molecule has 0 saturated carbocycles. The van der Waals surface area contributed by atoms with Crippen LogP contribution in [0.3, 0.4) is 0 Å². The van der Waals surface area contributed by atoms with Gasteiger partial charge in [-0.25, -0.2) is 0 Å². The van der Waals surface area contributed by atoms with Gasteiger partial charge in [0.25, 0.3) is 0 Å². The molecule has 0 spiro atoms. The summed E-state index contributed by atoms with van der Waals surface area (Å²) in [5, 5.41) is 0. The summed E-state index contributed by atoms with van der Waals surface area (Å²) < 4.78 is 1.14. The van der Waals surface area contributed by atoms with E-state index in [1.54, 1.807) is 0 Å². The van der Waals surface area contributed by atoms with Crippen molar-refractivity contribution in [2.45, 2.75) is 25.7 Å². The third-order valence-electron chi connectivity index (χ3n) is 3.05. The molecule has 0 nitrogen and oxygen atoms in total. The first-order valence-electron chi connectivity index (χ1n) is 6.11. The normalized spacial score (nSPS) is 12.4. The quantitative estimate of drug-likeness (QED) is 0.708. The Labute approximate surface area is 112 Å². The van der Waals surface area contributed by atoms with Gasteiger partial charge in [0.2, 0.25) is 0 Å². The molecule has 0 N–H and O–H groups in total. The smallest absolute Gasteiger partial charge is 0.0175 e. The van der Waals surface area contributed by atoms with E-state index in [4.69, 9.17) is 0 Å². The van der Waals surface area contributed by atoms with Gasteiger partial charge < -0.3 is 0 Å². The number of rotatable bonds is 4. The van der Waals surface area contributed by atoms with Crippen LogP contribution in [0, 0.1) is 0 Å². The van der Waals surface area contributed by atoms with Crippen LogP contribution >= 0.6 is 15.9 Å². The average molecular weight is 289 g/mol. The van der Waals surface area contributed by atoms with Crippen LogP contribution in [0.4, 0.5) is 0 Å². The van der Waals surface area contributed by atoms with Crippen LogP contribution in [-0.2, 0) is 0 Å². The molecule has 0 aliphatic carbocycles. The third-order valence-corrected chi connectivity index (χ3v) is 3.58. The Bertz CT molecular complexity index is 445. The van der Waals surface area contributed by atoms with E-state index in [0.717, 1.165) is 4.47 Å². The molecule has 0 aliphatic heterocycles. The Hall–Kier alpha value is -1.08. The first kappa shape index (κ1) is 12.4. The van der Waals surface area contributed by atoms with Crippen molar-refractivity contribution in [1.82, 2.24) is 0 Å². The van der Waals surface area contributed by atoms with Crippen molar-refractivity contribution in [3.63, 3.8) is 0 Å². The minimum Gasteiger partial charge on any atom is -0.0653 e. The summed E-state index contributed by atoms with van der Waals surface area (Å²) in [6, 6.07) is 19.5. The Morgan fingerprint density at radius 2 is 1.47 bits per heavy atom. The highest BCUT2D eigenvalue weighted by Gasteiger charge is 2.12. The first-order chi connectivity index (χ1) is 8.31. The highest BCUT2D eigenvalue weighted by Crippen LogP contribution is 2.29. The molecule has 0 bridgehead atoms. The topological polar surface area (TPSA) is 0 Å². The van der Waals surface area contributed by atoms with Crippen LogP contribution in [0.15, 0.2) is 59.1 Å². The number of hydrogen-bond donors (Lipinski definition) is 0. The second-order valence-corrected chi connectivity index (χ2v) is 5.22. The lowest BCUT2D eigenvalue weighted by atomic mass is 9.88. The van der Waals surface area contributed by atoms with Crippen LogP contribution in [-0.4, -0.2) is 0 Å². The van der Waals surface area contributed by atoms with Gasteiger partial charge in [-0.15, -0.1) is 0 Å². The van der Waals surface area contributed by atoms with Gasteiger partial charge in [0.15, 0.2) is 0 Å². The van der Waals surface area contributed by atoms with Crippen molar-refractivity contribution in [3.8, 4) is 0 Å². The lowest BCUT2D eigenvalue weighted by molar-refractivity contribution is 0.698. The Morgan fingerprint density at radius 1 is 0.882 bits per heavy atom. The van der Waals surface area contributed by atoms with Gasteiger partial charge in [-0.3, -0.25) is 0 Å². The van der Waals surface area contributed by atoms with E-state index in [2.05, 4.69) is 77.5 Å². The van der Waals surface area contributed by atoms with Crippen molar-refractivity contribution in [3.05, 3.63) is 70.2 Å². The van der Waals surface area contributed by atoms with E-state index < -0.39 is 0 Å². The summed E-state index contributed by atoms with van der Waals surface area (Å²) in [5.41, 5.74) is 2.82. The predicted molar refractivity (Wildman–Crippen MR) is 77.3 cm³/mol. The van der Waals surface area contributed by atoms with Gasteiger partial charge in [-0.1, -0.05) is 71.7 Å². The minimum atomic E-state index is 0.522. The van der Waals surface area contributed by atoms with Gasteiger partial charge >= 0.3 is 0 Å². The molecule has 1 unspecified atom stereocenters. The minimum absolute atomic E-state index is 0.522. The molecule has 0 fully saturated rings. The van der Waals surface area contributed by atoms with Crippen molar-refractivity contribution in [2.24, 2.45) is 0 Å². The molecule has 2 rings (SSSR count). The van der Waals surface area contributed by atoms with Gasteiger partial charge in [-0.2, -0.15) is 0 Å². The molecule has 1 atom stereocenters. The van der Waals surface area contributed by atoms with Crippen LogP contribution in [0.5, 0.6) is 0 Å². The van der Waals surface area contributed by atoms with E-state index in [9.17, 15) is 0 Å². The van der Waals surface area contributed by atoms with Crippen LogP contribution in [0.2, 0.25) is 0 Å². The maximum absolute atomic E-state index is 3.49. The molecular weight excluding hydrogens is 272 g/mol. The van der Waals surface area contributed by atoms with Crippen LogP contribution < -0.4 is 0 Å². The fourth-order valence-electron chi connectivity index (χ4n) is 2.19. The van der Waals surface area contributed by atoms with Gasteiger partial charge in [0.05, 0.1) is 0 Å². The van der Waals surface area contributed by atoms with E-state index in [0.29, 0.717) is 5.92 Å². The van der Waals surface area contributed by atoms with E-state index in [-0.39, 0.29) is 0 Å². The highest BCUT2D eigenvalue weighted by atomic mass is 79.9. The standard InChI is InChI=1S/C16H17Br/c1-2-6-16(13-7-4-3-5-8-13)14-9-11-15(17)12-10-14/h3-5,7-12,16H,2,6H2,1H3. The number of halogens is 1. The second kappa shape index (κ2) is 6.02. The number of benzene rings is 2. The Kier molecular flexibility index (Phi) is 4.38. The molecule has 0 saturated heterocycles. The SMILES string of the molecule is CCCC(c1ccccc1)c1ccc(Br)cc1. The highest BCUT2D eigenvalue weighted by molar-refractivity contribution is 9.10. The first-order valence-corrected chi connectivity index (χ1v) is 6.91. The van der Waals surface area contributed by atoms with E-state index in [1.807, 2.05) is 0 Å². The zero-order chi connectivity index (χ0) is 12.1. The van der Waals surface area contributed by atoms with Gasteiger partial charge in [0, 0.05) is 10.4 Å². The Balaban J connectivity index is 2.32. The summed E-state index contributed by atoms with van der Waals surface area (Å²) in [4.78, 5) is 0. The largest absolute Gasteiger partial charge is 0.0653 e. The molecular formula is C16H17Br. The fourth-order valence-corrected chi connectivity index (χ4v) is 2.46. The van der Waals surface area contributed by atoms with Crippen molar-refractivity contribution >= 4 is 15.9 Å². The van der Waals surface area contributed by atoms with Gasteiger partial charge in [-0.05, 0) is 29.7 Å². The summed E-state index contributed by atoms with van der Waals surface area (Å²) in [7, 11) is 0. The monoisotopic (exact) mass is 288 g/mol. The summed E-state index contributed by atoms with van der Waals surface area (Å²) in [6.07, 6.45) is 2.40. The van der Waals surface area contributed by atoms with Crippen LogP contribution in [0.1, 0.15) is 36.8 Å². The number of hydrogen-bond acceptors (Lipinski definition) is 0. The maximum Gasteiger partial charge on any atom is 0.0175 e. The molecule has 0 aliphatic rings. The molecule has 0 amide bonds. The average Bonchev–Trinajstić information content (AvgIpc) is 2.38. The zero-order valence-corrected chi connectivity index (χ0v) is 11.7. The van der Waals surface area contributed by atoms with E-state index in [1.165, 1.54) is 24.0 Å². The molecule has 1 heteroatoms. The van der Waals surface area contributed by atoms with Crippen molar-refractivity contribution in [1.29, 1.82) is 0 Å². The second-order valence-electron chi connectivity index (χ2n) is 4.30. The fraction of sp³-hybridized carbons (Fsp3) is 0.250. The molecule has 2 aromatic rings. The molecule has 0 aromatic heterocycles. The molecule has 17 heavy (non-hydrogen) atoms. The summed E-state index contributed by atoms with van der Waals surface area (Å²) in [5.74, 6) is 0.522. The molecule has 88 valence electrons. The summed E-state index contributed by atoms with van der Waals surface area (Å²) in [6.45, 7) is 2.24. The predicted octanol–water partition coefficient (Wildman–Crippen LogP) is 5.38. The van der Waals surface area contributed by atoms with E-state index >= 15 is 0 Å². The third kappa shape index (κ3) is 3.19. The molecule has 0 radical (unpaired) electrons. The summed E-state index contributed by atoms with van der Waals surface area (Å²) >= 11 is 3.49. The molecule has 0 heterocycles. The van der Waals surface area contributed by atoms with Crippen LogP contribution in [0.25, 0.3) is 0 Å². The lowest BCUT2D eigenvalue weighted by Gasteiger charge is -2.17. The van der Waals surface area contributed by atoms with Crippen molar-refractivity contribution in [2.75, 3.05) is 0 Å². The molecule has 2 aromatic carbocycles. The Morgan fingerprint density at radius 3 is 2.06 bits per heavy atom. The lowest BCUT2D eigenvalue weighted by Crippen LogP contribution is -2.00. The zero-order valence-electron chi connectivity index (χ0n) is 10.1. The maximum atomic E-state index is 3.49.